The van der Waals surface area contributed by atoms with Crippen molar-refractivity contribution >= 4 is 5.97 Å². The van der Waals surface area contributed by atoms with E-state index >= 15 is 0 Å². The number of carbonyl (C=O) groups is 1. The molecule has 2 aromatic rings. The van der Waals surface area contributed by atoms with Gasteiger partial charge in [-0.1, -0.05) is 6.07 Å². The van der Waals surface area contributed by atoms with Crippen molar-refractivity contribution in [1.29, 1.82) is 0 Å². The molecule has 0 radical (unpaired) electrons. The van der Waals surface area contributed by atoms with Crippen LogP contribution in [-0.2, 0) is 21.4 Å². The number of methoxy groups -OCH3 is 1. The fourth-order valence-corrected chi connectivity index (χ4v) is 3.31. The van der Waals surface area contributed by atoms with Crippen molar-refractivity contribution < 1.29 is 36.9 Å². The Labute approximate surface area is 171 Å². The Morgan fingerprint density at radius 1 is 1.17 bits per heavy atom. The Morgan fingerprint density at radius 2 is 1.77 bits per heavy atom. The van der Waals surface area contributed by atoms with Crippen LogP contribution in [0.4, 0.5) is 17.6 Å². The van der Waals surface area contributed by atoms with E-state index in [1.165, 1.54) is 14.0 Å². The van der Waals surface area contributed by atoms with Crippen LogP contribution < -0.4 is 10.5 Å². The molecule has 164 valence electrons. The average molecular weight is 429 g/mol. The van der Waals surface area contributed by atoms with Crippen molar-refractivity contribution in [2.45, 2.75) is 39.1 Å². The highest BCUT2D eigenvalue weighted by molar-refractivity contribution is 5.75. The van der Waals surface area contributed by atoms with Gasteiger partial charge in [0, 0.05) is 5.56 Å². The molecule has 0 saturated heterocycles. The van der Waals surface area contributed by atoms with Crippen LogP contribution in [0.25, 0.3) is 11.1 Å². The smallest absolute Gasteiger partial charge is 0.419 e. The third-order valence-corrected chi connectivity index (χ3v) is 4.70. The zero-order chi connectivity index (χ0) is 22.9. The summed E-state index contributed by atoms with van der Waals surface area (Å²) in [6.45, 7) is 4.79. The highest BCUT2D eigenvalue weighted by Crippen LogP contribution is 2.41. The molecule has 9 heteroatoms. The number of hydrogen-bond donors (Lipinski definition) is 2. The lowest BCUT2D eigenvalue weighted by Gasteiger charge is -2.26. The van der Waals surface area contributed by atoms with Crippen LogP contribution in [0.2, 0.25) is 0 Å². The zero-order valence-electron chi connectivity index (χ0n) is 17.0. The van der Waals surface area contributed by atoms with Gasteiger partial charge < -0.3 is 14.6 Å². The van der Waals surface area contributed by atoms with Gasteiger partial charge in [-0.3, -0.25) is 10.5 Å². The lowest BCUT2D eigenvalue weighted by Crippen LogP contribution is -2.40. The molecule has 0 fully saturated rings. The molecule has 1 atom stereocenters. The van der Waals surface area contributed by atoms with Crippen molar-refractivity contribution in [2.24, 2.45) is 5.73 Å². The summed E-state index contributed by atoms with van der Waals surface area (Å²) < 4.78 is 65.4. The Kier molecular flexibility index (Phi) is 6.78. The van der Waals surface area contributed by atoms with Gasteiger partial charge in [0.15, 0.2) is 5.72 Å². The Morgan fingerprint density at radius 3 is 2.30 bits per heavy atom. The van der Waals surface area contributed by atoms with Crippen LogP contribution in [0.1, 0.15) is 35.6 Å². The molecule has 2 aromatic carbocycles. The molecule has 30 heavy (non-hydrogen) atoms. The summed E-state index contributed by atoms with van der Waals surface area (Å²) in [7, 11) is 1.41. The average Bonchev–Trinajstić information content (AvgIpc) is 2.61. The molecule has 0 aliphatic carbocycles. The van der Waals surface area contributed by atoms with Crippen LogP contribution in [0, 0.1) is 19.7 Å². The standard InChI is InChI=1S/C21H23F4NO4/c1-5-30-17(27)10-20(26,28)14-8-13(9-15(19(14)22)21(23,24)25)18-11(2)6-7-16(29-4)12(18)3/h6-9,28H,5,10,26H2,1-4H3/t20-/m1/s1. The van der Waals surface area contributed by atoms with Crippen molar-refractivity contribution in [3.05, 3.63) is 52.3 Å². The third kappa shape index (κ3) is 4.73. The van der Waals surface area contributed by atoms with Crippen LogP contribution in [0.5, 0.6) is 5.75 Å². The van der Waals surface area contributed by atoms with Crippen molar-refractivity contribution in [2.75, 3.05) is 13.7 Å². The number of nitrogens with two attached hydrogens (primary N) is 1. The summed E-state index contributed by atoms with van der Waals surface area (Å²) >= 11 is 0. The number of alkyl halides is 3. The Bertz CT molecular complexity index is 955. The Hall–Kier alpha value is -2.65. The van der Waals surface area contributed by atoms with E-state index in [9.17, 15) is 27.5 Å². The summed E-state index contributed by atoms with van der Waals surface area (Å²) in [5, 5.41) is 10.5. The minimum absolute atomic E-state index is 0.0274. The van der Waals surface area contributed by atoms with Crippen molar-refractivity contribution in [3.63, 3.8) is 0 Å². The lowest BCUT2D eigenvalue weighted by molar-refractivity contribution is -0.149. The highest BCUT2D eigenvalue weighted by atomic mass is 19.4. The minimum atomic E-state index is -5.06. The van der Waals surface area contributed by atoms with Gasteiger partial charge in [-0.05, 0) is 61.2 Å². The number of benzene rings is 2. The van der Waals surface area contributed by atoms with Crippen molar-refractivity contribution in [1.82, 2.24) is 0 Å². The zero-order valence-corrected chi connectivity index (χ0v) is 17.0. The number of esters is 1. The summed E-state index contributed by atoms with van der Waals surface area (Å²) in [6, 6.07) is 4.96. The van der Waals surface area contributed by atoms with E-state index in [1.54, 1.807) is 26.0 Å². The molecular weight excluding hydrogens is 406 g/mol. The van der Waals surface area contributed by atoms with Gasteiger partial charge in [0.2, 0.25) is 0 Å². The van der Waals surface area contributed by atoms with Gasteiger partial charge in [-0.15, -0.1) is 0 Å². The van der Waals surface area contributed by atoms with E-state index in [4.69, 9.17) is 10.5 Å². The first-order valence-electron chi connectivity index (χ1n) is 9.06. The topological polar surface area (TPSA) is 81.8 Å². The van der Waals surface area contributed by atoms with E-state index < -0.39 is 41.2 Å². The summed E-state index contributed by atoms with van der Waals surface area (Å²) in [5.41, 5.74) is 1.97. The van der Waals surface area contributed by atoms with E-state index in [0.717, 1.165) is 6.07 Å². The predicted molar refractivity (Wildman–Crippen MR) is 102 cm³/mol. The molecule has 0 bridgehead atoms. The molecule has 0 amide bonds. The number of halogens is 4. The van der Waals surface area contributed by atoms with Gasteiger partial charge in [-0.25, -0.2) is 4.39 Å². The fourth-order valence-electron chi connectivity index (χ4n) is 3.31. The molecule has 2 rings (SSSR count). The van der Waals surface area contributed by atoms with Gasteiger partial charge >= 0.3 is 12.1 Å². The molecule has 0 aliphatic heterocycles. The SMILES string of the molecule is CCOC(=O)C[C@@](N)(O)c1cc(-c2c(C)ccc(OC)c2C)cc(C(F)(F)F)c1F. The number of aryl methyl sites for hydroxylation is 1. The number of rotatable bonds is 6. The second kappa shape index (κ2) is 8.61. The second-order valence-corrected chi connectivity index (χ2v) is 6.87. The van der Waals surface area contributed by atoms with Gasteiger partial charge in [0.1, 0.15) is 11.6 Å². The maximum absolute atomic E-state index is 14.8. The predicted octanol–water partition coefficient (Wildman–Crippen LogP) is 4.19. The number of carbonyl (C=O) groups excluding carboxylic acids is 1. The third-order valence-electron chi connectivity index (χ3n) is 4.70. The first-order valence-corrected chi connectivity index (χ1v) is 9.06. The molecule has 0 aliphatic rings. The fraction of sp³-hybridized carbons (Fsp3) is 0.381. The van der Waals surface area contributed by atoms with Crippen LogP contribution in [0.15, 0.2) is 24.3 Å². The van der Waals surface area contributed by atoms with Gasteiger partial charge in [0.05, 0.1) is 25.7 Å². The second-order valence-electron chi connectivity index (χ2n) is 6.87. The van der Waals surface area contributed by atoms with Crippen LogP contribution >= 0.6 is 0 Å². The van der Waals surface area contributed by atoms with E-state index in [2.05, 4.69) is 4.74 Å². The molecule has 3 N–H and O–H groups in total. The van der Waals surface area contributed by atoms with E-state index in [-0.39, 0.29) is 12.2 Å². The molecule has 5 nitrogen and oxygen atoms in total. The molecular formula is C21H23F4NO4. The summed E-state index contributed by atoms with van der Waals surface area (Å²) in [4.78, 5) is 11.7. The van der Waals surface area contributed by atoms with Crippen molar-refractivity contribution in [3.8, 4) is 16.9 Å². The largest absolute Gasteiger partial charge is 0.496 e. The lowest BCUT2D eigenvalue weighted by atomic mass is 9.88. The molecule has 0 saturated carbocycles. The first-order chi connectivity index (χ1) is 13.8. The quantitative estimate of drug-likeness (QED) is 0.409. The Balaban J connectivity index is 2.80. The number of hydrogen-bond acceptors (Lipinski definition) is 5. The maximum atomic E-state index is 14.8. The molecule has 0 unspecified atom stereocenters. The summed E-state index contributed by atoms with van der Waals surface area (Å²) in [5.74, 6) is -2.31. The molecule has 0 heterocycles. The highest BCUT2D eigenvalue weighted by Gasteiger charge is 2.40. The van der Waals surface area contributed by atoms with Gasteiger partial charge in [-0.2, -0.15) is 13.2 Å². The van der Waals surface area contributed by atoms with Gasteiger partial charge in [0.25, 0.3) is 0 Å². The normalized spacial score (nSPS) is 13.7. The van der Waals surface area contributed by atoms with E-state index in [1.807, 2.05) is 0 Å². The summed E-state index contributed by atoms with van der Waals surface area (Å²) in [6.07, 6.45) is -5.98. The maximum Gasteiger partial charge on any atom is 0.419 e. The first kappa shape index (κ1) is 23.6. The minimum Gasteiger partial charge on any atom is -0.496 e. The number of ether oxygens (including phenoxy) is 2. The number of aliphatic hydroxyl groups is 1. The molecule has 0 aromatic heterocycles. The monoisotopic (exact) mass is 429 g/mol. The van der Waals surface area contributed by atoms with Crippen LogP contribution in [0.3, 0.4) is 0 Å². The van der Waals surface area contributed by atoms with Crippen LogP contribution in [-0.4, -0.2) is 24.8 Å². The van der Waals surface area contributed by atoms with E-state index in [0.29, 0.717) is 28.5 Å². The molecule has 0 spiro atoms.